The van der Waals surface area contributed by atoms with Crippen molar-refractivity contribution in [1.82, 2.24) is 14.9 Å². The number of hydrogen-bond acceptors (Lipinski definition) is 5. The van der Waals surface area contributed by atoms with Crippen molar-refractivity contribution in [2.75, 3.05) is 5.75 Å². The summed E-state index contributed by atoms with van der Waals surface area (Å²) in [5.41, 5.74) is 0. The zero-order valence-electron chi connectivity index (χ0n) is 8.50. The van der Waals surface area contributed by atoms with Crippen LogP contribution in [0, 0.1) is 0 Å². The molecule has 0 saturated carbocycles. The van der Waals surface area contributed by atoms with E-state index in [4.69, 9.17) is 0 Å². The summed E-state index contributed by atoms with van der Waals surface area (Å²) in [6.07, 6.45) is 3.41. The zero-order valence-corrected chi connectivity index (χ0v) is 11.7. The fourth-order valence-corrected chi connectivity index (χ4v) is 2.93. The maximum absolute atomic E-state index is 4.30. The molecule has 0 amide bonds. The van der Waals surface area contributed by atoms with Crippen LogP contribution >= 0.6 is 39.0 Å². The SMILES string of the molecule is CCSc1nncn1/N=C/c1cc(Br)cs1. The molecule has 2 aromatic rings. The predicted octanol–water partition coefficient (Wildman–Crippen LogP) is 3.10. The van der Waals surface area contributed by atoms with Crippen LogP contribution in [-0.2, 0) is 0 Å². The molecule has 0 radical (unpaired) electrons. The van der Waals surface area contributed by atoms with Gasteiger partial charge < -0.3 is 0 Å². The van der Waals surface area contributed by atoms with Gasteiger partial charge in [-0.3, -0.25) is 0 Å². The van der Waals surface area contributed by atoms with Gasteiger partial charge in [0.1, 0.15) is 6.33 Å². The number of thiophene rings is 1. The normalized spacial score (nSPS) is 11.4. The Balaban J connectivity index is 2.13. The van der Waals surface area contributed by atoms with Gasteiger partial charge in [-0.2, -0.15) is 9.78 Å². The molecule has 0 unspecified atom stereocenters. The van der Waals surface area contributed by atoms with Gasteiger partial charge in [-0.25, -0.2) is 0 Å². The summed E-state index contributed by atoms with van der Waals surface area (Å²) in [5.74, 6) is 0.957. The van der Waals surface area contributed by atoms with Crippen LogP contribution in [0.5, 0.6) is 0 Å². The highest BCUT2D eigenvalue weighted by Crippen LogP contribution is 2.18. The van der Waals surface area contributed by atoms with Gasteiger partial charge in [0, 0.05) is 14.7 Å². The molecule has 0 aliphatic heterocycles. The zero-order chi connectivity index (χ0) is 11.4. The van der Waals surface area contributed by atoms with Gasteiger partial charge in [-0.05, 0) is 27.7 Å². The molecular weight excluding hydrogens is 308 g/mol. The molecular formula is C9H9BrN4S2. The fraction of sp³-hybridized carbons (Fsp3) is 0.222. The van der Waals surface area contributed by atoms with Crippen molar-refractivity contribution >= 4 is 45.2 Å². The van der Waals surface area contributed by atoms with Gasteiger partial charge in [0.15, 0.2) is 0 Å². The van der Waals surface area contributed by atoms with E-state index >= 15 is 0 Å². The minimum atomic E-state index is 0.814. The summed E-state index contributed by atoms with van der Waals surface area (Å²) in [5, 5.41) is 15.0. The van der Waals surface area contributed by atoms with Gasteiger partial charge in [0.05, 0.1) is 6.21 Å². The van der Waals surface area contributed by atoms with Gasteiger partial charge in [-0.1, -0.05) is 18.7 Å². The summed E-state index contributed by atoms with van der Waals surface area (Å²) < 4.78 is 2.76. The van der Waals surface area contributed by atoms with Crippen LogP contribution in [-0.4, -0.2) is 26.8 Å². The van der Waals surface area contributed by atoms with Crippen LogP contribution in [0.3, 0.4) is 0 Å². The van der Waals surface area contributed by atoms with Crippen LogP contribution in [0.4, 0.5) is 0 Å². The molecule has 84 valence electrons. The molecule has 0 aliphatic rings. The summed E-state index contributed by atoms with van der Waals surface area (Å²) in [6.45, 7) is 2.07. The standard InChI is InChI=1S/C9H9BrN4S2/c1-2-15-9-13-11-6-14(9)12-4-8-3-7(10)5-16-8/h3-6H,2H2,1H3/b12-4+. The molecule has 0 saturated heterocycles. The van der Waals surface area contributed by atoms with Gasteiger partial charge in [0.2, 0.25) is 5.16 Å². The third-order valence-corrected chi connectivity index (χ3v) is 4.11. The first-order chi connectivity index (χ1) is 7.79. The molecule has 0 spiro atoms. The van der Waals surface area contributed by atoms with Crippen molar-refractivity contribution in [3.63, 3.8) is 0 Å². The molecule has 7 heteroatoms. The smallest absolute Gasteiger partial charge is 0.195 e. The third kappa shape index (κ3) is 2.93. The second-order valence-electron chi connectivity index (χ2n) is 2.80. The first kappa shape index (κ1) is 11.8. The quantitative estimate of drug-likeness (QED) is 0.643. The van der Waals surface area contributed by atoms with Crippen molar-refractivity contribution in [3.8, 4) is 0 Å². The molecule has 2 rings (SSSR count). The average molecular weight is 317 g/mol. The van der Waals surface area contributed by atoms with Crippen molar-refractivity contribution in [1.29, 1.82) is 0 Å². The molecule has 2 heterocycles. The Labute approximate surface area is 110 Å². The predicted molar refractivity (Wildman–Crippen MR) is 71.4 cm³/mol. The number of aromatic nitrogens is 3. The third-order valence-electron chi connectivity index (χ3n) is 1.67. The Bertz CT molecular complexity index is 491. The largest absolute Gasteiger partial charge is 0.211 e. The highest BCUT2D eigenvalue weighted by Gasteiger charge is 2.01. The van der Waals surface area contributed by atoms with Crippen LogP contribution in [0.25, 0.3) is 0 Å². The number of halogens is 1. The Morgan fingerprint density at radius 2 is 2.56 bits per heavy atom. The van der Waals surface area contributed by atoms with Crippen LogP contribution in [0.2, 0.25) is 0 Å². The lowest BCUT2D eigenvalue weighted by Gasteiger charge is -1.95. The Hall–Kier alpha value is -0.660. The van der Waals surface area contributed by atoms with Crippen LogP contribution < -0.4 is 0 Å². The second kappa shape index (κ2) is 5.60. The van der Waals surface area contributed by atoms with E-state index in [0.717, 1.165) is 20.3 Å². The maximum atomic E-state index is 4.30. The van der Waals surface area contributed by atoms with Crippen molar-refractivity contribution in [2.24, 2.45) is 5.10 Å². The first-order valence-corrected chi connectivity index (χ1v) is 7.26. The van der Waals surface area contributed by atoms with E-state index < -0.39 is 0 Å². The average Bonchev–Trinajstić information content (AvgIpc) is 2.85. The fourth-order valence-electron chi connectivity index (χ4n) is 1.04. The Kier molecular flexibility index (Phi) is 4.14. The minimum absolute atomic E-state index is 0.814. The molecule has 0 fully saturated rings. The summed E-state index contributed by atoms with van der Waals surface area (Å²) in [4.78, 5) is 1.09. The molecule has 0 atom stereocenters. The summed E-state index contributed by atoms with van der Waals surface area (Å²) >= 11 is 6.66. The van der Waals surface area contributed by atoms with E-state index in [0.29, 0.717) is 0 Å². The molecule has 0 aromatic carbocycles. The first-order valence-electron chi connectivity index (χ1n) is 4.61. The molecule has 0 aliphatic carbocycles. The van der Waals surface area contributed by atoms with E-state index in [1.165, 1.54) is 0 Å². The van der Waals surface area contributed by atoms with Gasteiger partial charge >= 0.3 is 0 Å². The highest BCUT2D eigenvalue weighted by molar-refractivity contribution is 9.10. The summed E-state index contributed by atoms with van der Waals surface area (Å²) in [6, 6.07) is 2.02. The molecule has 4 nitrogen and oxygen atoms in total. The van der Waals surface area contributed by atoms with Crippen molar-refractivity contribution < 1.29 is 0 Å². The number of thioether (sulfide) groups is 1. The lowest BCUT2D eigenvalue weighted by Crippen LogP contribution is -1.91. The number of hydrogen-bond donors (Lipinski definition) is 0. The van der Waals surface area contributed by atoms with Crippen molar-refractivity contribution in [3.05, 3.63) is 27.1 Å². The second-order valence-corrected chi connectivity index (χ2v) is 5.89. The highest BCUT2D eigenvalue weighted by atomic mass is 79.9. The van der Waals surface area contributed by atoms with E-state index in [1.54, 1.807) is 40.3 Å². The van der Waals surface area contributed by atoms with E-state index in [2.05, 4.69) is 38.2 Å². The van der Waals surface area contributed by atoms with Crippen LogP contribution in [0.15, 0.2) is 32.5 Å². The van der Waals surface area contributed by atoms with Gasteiger partial charge in [0.25, 0.3) is 0 Å². The van der Waals surface area contributed by atoms with Gasteiger partial charge in [-0.15, -0.1) is 21.5 Å². The van der Waals surface area contributed by atoms with E-state index in [-0.39, 0.29) is 0 Å². The topological polar surface area (TPSA) is 43.1 Å². The summed E-state index contributed by atoms with van der Waals surface area (Å²) in [7, 11) is 0. The minimum Gasteiger partial charge on any atom is -0.195 e. The van der Waals surface area contributed by atoms with E-state index in [1.807, 2.05) is 11.4 Å². The molecule has 0 N–H and O–H groups in total. The number of rotatable bonds is 4. The number of nitrogens with zero attached hydrogens (tertiary/aromatic N) is 4. The molecule has 2 aromatic heterocycles. The molecule has 16 heavy (non-hydrogen) atoms. The lowest BCUT2D eigenvalue weighted by atomic mass is 10.5. The Morgan fingerprint density at radius 1 is 1.69 bits per heavy atom. The lowest BCUT2D eigenvalue weighted by molar-refractivity contribution is 0.767. The maximum Gasteiger partial charge on any atom is 0.211 e. The monoisotopic (exact) mass is 316 g/mol. The van der Waals surface area contributed by atoms with E-state index in [9.17, 15) is 0 Å². The molecule has 0 bridgehead atoms. The van der Waals surface area contributed by atoms with Crippen LogP contribution in [0.1, 0.15) is 11.8 Å². The Morgan fingerprint density at radius 3 is 3.25 bits per heavy atom. The van der Waals surface area contributed by atoms with Crippen molar-refractivity contribution in [2.45, 2.75) is 12.1 Å².